The molecule has 6 heteroatoms. The smallest absolute Gasteiger partial charge is 0.254 e. The quantitative estimate of drug-likeness (QED) is 0.837. The Labute approximate surface area is 129 Å². The summed E-state index contributed by atoms with van der Waals surface area (Å²) in [6.07, 6.45) is 1.62. The van der Waals surface area contributed by atoms with Gasteiger partial charge in [-0.25, -0.2) is 4.39 Å². The molecule has 0 atom stereocenters. The van der Waals surface area contributed by atoms with E-state index < -0.39 is 5.82 Å². The van der Waals surface area contributed by atoms with Gasteiger partial charge in [-0.2, -0.15) is 0 Å². The van der Waals surface area contributed by atoms with Gasteiger partial charge in [-0.1, -0.05) is 12.1 Å². The molecular formula is C15H20FN3OS. The predicted molar refractivity (Wildman–Crippen MR) is 84.7 cm³/mol. The predicted octanol–water partition coefficient (Wildman–Crippen LogP) is 1.91. The van der Waals surface area contributed by atoms with Crippen LogP contribution in [0.5, 0.6) is 0 Å². The summed E-state index contributed by atoms with van der Waals surface area (Å²) in [4.78, 5) is 14.2. The third-order valence-electron chi connectivity index (χ3n) is 3.56. The van der Waals surface area contributed by atoms with Crippen LogP contribution in [0.25, 0.3) is 0 Å². The molecule has 1 heterocycles. The zero-order chi connectivity index (χ0) is 15.2. The largest absolute Gasteiger partial charge is 0.363 e. The second kappa shape index (κ2) is 7.36. The van der Waals surface area contributed by atoms with Gasteiger partial charge >= 0.3 is 0 Å². The van der Waals surface area contributed by atoms with Crippen LogP contribution in [-0.2, 0) is 0 Å². The molecule has 0 saturated carbocycles. The fraction of sp³-hybridized carbons (Fsp3) is 0.467. The van der Waals surface area contributed by atoms with E-state index in [1.165, 1.54) is 12.1 Å². The van der Waals surface area contributed by atoms with Crippen molar-refractivity contribution in [3.63, 3.8) is 0 Å². The first-order valence-corrected chi connectivity index (χ1v) is 7.60. The molecule has 1 amide bonds. The van der Waals surface area contributed by atoms with Crippen LogP contribution in [0.3, 0.4) is 0 Å². The van der Waals surface area contributed by atoms with E-state index in [0.29, 0.717) is 0 Å². The number of carbonyl (C=O) groups is 1. The van der Waals surface area contributed by atoms with Gasteiger partial charge in [0, 0.05) is 25.7 Å². The molecule has 2 rings (SSSR count). The van der Waals surface area contributed by atoms with Crippen molar-refractivity contribution in [3.8, 4) is 0 Å². The molecule has 1 aliphatic rings. The highest BCUT2D eigenvalue weighted by Gasteiger charge is 2.23. The Hall–Kier alpha value is -1.69. The van der Waals surface area contributed by atoms with Gasteiger partial charge in [0.05, 0.1) is 5.56 Å². The minimum atomic E-state index is -0.485. The van der Waals surface area contributed by atoms with Crippen molar-refractivity contribution < 1.29 is 9.18 Å². The van der Waals surface area contributed by atoms with Gasteiger partial charge in [0.1, 0.15) is 5.82 Å². The van der Waals surface area contributed by atoms with Gasteiger partial charge in [0.2, 0.25) is 0 Å². The van der Waals surface area contributed by atoms with Crippen LogP contribution in [0.15, 0.2) is 24.3 Å². The third kappa shape index (κ3) is 4.14. The molecule has 21 heavy (non-hydrogen) atoms. The molecule has 1 fully saturated rings. The summed E-state index contributed by atoms with van der Waals surface area (Å²) in [6, 6.07) is 6.10. The Kier molecular flexibility index (Phi) is 5.50. The number of halogens is 1. The molecule has 1 aliphatic heterocycles. The normalized spacial score (nSPS) is 15.6. The number of piperidine rings is 1. The highest BCUT2D eigenvalue weighted by Crippen LogP contribution is 2.12. The number of nitrogens with one attached hydrogen (secondary N) is 2. The lowest BCUT2D eigenvalue weighted by Gasteiger charge is -2.34. The van der Waals surface area contributed by atoms with Gasteiger partial charge in [0.25, 0.3) is 5.91 Å². The molecule has 0 aliphatic carbocycles. The van der Waals surface area contributed by atoms with Crippen molar-refractivity contribution in [2.24, 2.45) is 0 Å². The summed E-state index contributed by atoms with van der Waals surface area (Å²) >= 11 is 5.27. The monoisotopic (exact) mass is 309 g/mol. The van der Waals surface area contributed by atoms with Crippen LogP contribution >= 0.6 is 12.2 Å². The Bertz CT molecular complexity index is 515. The van der Waals surface area contributed by atoms with Crippen LogP contribution in [0.2, 0.25) is 0 Å². The molecule has 0 aromatic heterocycles. The maximum atomic E-state index is 13.6. The summed E-state index contributed by atoms with van der Waals surface area (Å²) < 4.78 is 13.6. The molecule has 0 unspecified atom stereocenters. The molecule has 1 aromatic rings. The van der Waals surface area contributed by atoms with E-state index in [9.17, 15) is 9.18 Å². The number of thiocarbonyl (C=S) groups is 1. The lowest BCUT2D eigenvalue weighted by atomic mass is 10.0. The zero-order valence-corrected chi connectivity index (χ0v) is 12.9. The number of hydrogen-bond donors (Lipinski definition) is 2. The lowest BCUT2D eigenvalue weighted by molar-refractivity contribution is 0.0918. The number of likely N-dealkylation sites (tertiary alicyclic amines) is 1. The molecule has 0 bridgehead atoms. The van der Waals surface area contributed by atoms with Crippen LogP contribution in [0, 0.1) is 5.82 Å². The van der Waals surface area contributed by atoms with Crippen LogP contribution in [0.4, 0.5) is 4.39 Å². The Morgan fingerprint density at radius 2 is 2.05 bits per heavy atom. The van der Waals surface area contributed by atoms with Gasteiger partial charge in [-0.05, 0) is 44.1 Å². The van der Waals surface area contributed by atoms with E-state index in [2.05, 4.69) is 15.5 Å². The van der Waals surface area contributed by atoms with Gasteiger partial charge in [-0.3, -0.25) is 4.79 Å². The molecule has 114 valence electrons. The minimum absolute atomic E-state index is 0.0674. The molecule has 4 nitrogen and oxygen atoms in total. The third-order valence-corrected chi connectivity index (χ3v) is 3.97. The topological polar surface area (TPSA) is 44.4 Å². The van der Waals surface area contributed by atoms with Crippen molar-refractivity contribution in [1.82, 2.24) is 15.5 Å². The van der Waals surface area contributed by atoms with E-state index in [1.54, 1.807) is 12.1 Å². The van der Waals surface area contributed by atoms with E-state index in [1.807, 2.05) is 6.92 Å². The Morgan fingerprint density at radius 3 is 2.67 bits per heavy atom. The Morgan fingerprint density at radius 1 is 1.38 bits per heavy atom. The van der Waals surface area contributed by atoms with E-state index in [0.717, 1.165) is 37.6 Å². The number of rotatable bonds is 3. The fourth-order valence-corrected chi connectivity index (χ4v) is 2.73. The van der Waals surface area contributed by atoms with Crippen molar-refractivity contribution in [2.45, 2.75) is 25.8 Å². The molecule has 0 radical (unpaired) electrons. The van der Waals surface area contributed by atoms with Crippen LogP contribution < -0.4 is 10.6 Å². The van der Waals surface area contributed by atoms with Crippen molar-refractivity contribution in [1.29, 1.82) is 0 Å². The van der Waals surface area contributed by atoms with Crippen molar-refractivity contribution >= 4 is 23.2 Å². The van der Waals surface area contributed by atoms with Gasteiger partial charge < -0.3 is 15.5 Å². The lowest BCUT2D eigenvalue weighted by Crippen LogP contribution is -2.49. The molecular weight excluding hydrogens is 289 g/mol. The zero-order valence-electron chi connectivity index (χ0n) is 12.1. The van der Waals surface area contributed by atoms with Crippen LogP contribution in [0.1, 0.15) is 30.1 Å². The SMILES string of the molecule is CCNC(=S)N1CCC(NC(=O)c2ccccc2F)CC1. The molecule has 0 spiro atoms. The van der Waals surface area contributed by atoms with Crippen molar-refractivity contribution in [2.75, 3.05) is 19.6 Å². The minimum Gasteiger partial charge on any atom is -0.363 e. The van der Waals surface area contributed by atoms with E-state index in [-0.39, 0.29) is 17.5 Å². The Balaban J connectivity index is 1.85. The number of amides is 1. The molecule has 1 saturated heterocycles. The molecule has 1 aromatic carbocycles. The van der Waals surface area contributed by atoms with Crippen LogP contribution in [-0.4, -0.2) is 41.6 Å². The average molecular weight is 309 g/mol. The standard InChI is InChI=1S/C15H20FN3OS/c1-2-17-15(21)19-9-7-11(8-10-19)18-14(20)12-5-3-4-6-13(12)16/h3-6,11H,2,7-10H2,1H3,(H,17,21)(H,18,20). The summed E-state index contributed by atoms with van der Waals surface area (Å²) in [5.74, 6) is -0.832. The first-order chi connectivity index (χ1) is 10.1. The highest BCUT2D eigenvalue weighted by atomic mass is 32.1. The summed E-state index contributed by atoms with van der Waals surface area (Å²) in [7, 11) is 0. The average Bonchev–Trinajstić information content (AvgIpc) is 2.48. The summed E-state index contributed by atoms with van der Waals surface area (Å²) in [6.45, 7) is 4.42. The maximum absolute atomic E-state index is 13.6. The van der Waals surface area contributed by atoms with Gasteiger partial charge in [-0.15, -0.1) is 0 Å². The van der Waals surface area contributed by atoms with Crippen molar-refractivity contribution in [3.05, 3.63) is 35.6 Å². The maximum Gasteiger partial charge on any atom is 0.254 e. The highest BCUT2D eigenvalue weighted by molar-refractivity contribution is 7.80. The second-order valence-electron chi connectivity index (χ2n) is 5.05. The number of hydrogen-bond acceptors (Lipinski definition) is 2. The fourth-order valence-electron chi connectivity index (χ4n) is 2.40. The van der Waals surface area contributed by atoms with E-state index in [4.69, 9.17) is 12.2 Å². The molecule has 2 N–H and O–H groups in total. The van der Waals surface area contributed by atoms with E-state index >= 15 is 0 Å². The summed E-state index contributed by atoms with van der Waals surface area (Å²) in [5, 5.41) is 6.78. The first-order valence-electron chi connectivity index (χ1n) is 7.20. The first kappa shape index (κ1) is 15.7. The number of nitrogens with zero attached hydrogens (tertiary/aromatic N) is 1. The second-order valence-corrected chi connectivity index (χ2v) is 5.44. The van der Waals surface area contributed by atoms with Gasteiger partial charge in [0.15, 0.2) is 5.11 Å². The number of benzene rings is 1. The summed E-state index contributed by atoms with van der Waals surface area (Å²) in [5.41, 5.74) is 0.100. The number of carbonyl (C=O) groups excluding carboxylic acids is 1.